The van der Waals surface area contributed by atoms with Crippen LogP contribution < -0.4 is 15.4 Å². The molecule has 0 aliphatic rings. The number of hydrogen-bond acceptors (Lipinski definition) is 2. The van der Waals surface area contributed by atoms with E-state index in [1.165, 1.54) is 16.5 Å². The molecule has 1 heterocycles. The maximum absolute atomic E-state index is 5.18. The number of nitrogens with one attached hydrogen (secondary N) is 2. The molecule has 5 heteroatoms. The Balaban J connectivity index is 1.42. The first-order valence-electron chi connectivity index (χ1n) is 8.91. The molecule has 26 heavy (non-hydrogen) atoms. The van der Waals surface area contributed by atoms with Crippen LogP contribution >= 0.6 is 0 Å². The number of guanidine groups is 1. The Bertz CT molecular complexity index is 852. The molecule has 2 N–H and O–H groups in total. The fourth-order valence-corrected chi connectivity index (χ4v) is 2.94. The smallest absolute Gasteiger partial charge is 0.191 e. The van der Waals surface area contributed by atoms with Gasteiger partial charge in [-0.1, -0.05) is 30.3 Å². The second-order valence-electron chi connectivity index (χ2n) is 6.12. The van der Waals surface area contributed by atoms with E-state index in [9.17, 15) is 0 Å². The summed E-state index contributed by atoms with van der Waals surface area (Å²) in [5.41, 5.74) is 2.47. The van der Waals surface area contributed by atoms with Crippen LogP contribution in [0.25, 0.3) is 10.9 Å². The topological polar surface area (TPSA) is 50.6 Å². The molecule has 0 radical (unpaired) electrons. The van der Waals surface area contributed by atoms with Crippen LogP contribution in [0, 0.1) is 0 Å². The monoisotopic (exact) mass is 350 g/mol. The van der Waals surface area contributed by atoms with Gasteiger partial charge in [0, 0.05) is 38.4 Å². The van der Waals surface area contributed by atoms with Crippen LogP contribution in [0.2, 0.25) is 0 Å². The Morgan fingerprint density at radius 2 is 1.85 bits per heavy atom. The Morgan fingerprint density at radius 1 is 1.04 bits per heavy atom. The number of methoxy groups -OCH3 is 1. The number of fused-ring (bicyclic) bond motifs is 1. The largest absolute Gasteiger partial charge is 0.497 e. The molecular formula is C21H26N4O. The van der Waals surface area contributed by atoms with Gasteiger partial charge in [-0.25, -0.2) is 0 Å². The van der Waals surface area contributed by atoms with Gasteiger partial charge in [-0.15, -0.1) is 0 Å². The average Bonchev–Trinajstić information content (AvgIpc) is 3.11. The number of nitrogens with zero attached hydrogens (tertiary/aromatic N) is 2. The highest BCUT2D eigenvalue weighted by Gasteiger charge is 2.01. The van der Waals surface area contributed by atoms with Crippen molar-refractivity contribution >= 4 is 16.9 Å². The molecule has 3 aromatic rings. The van der Waals surface area contributed by atoms with E-state index in [0.717, 1.165) is 37.8 Å². The molecule has 0 aliphatic carbocycles. The minimum Gasteiger partial charge on any atom is -0.497 e. The number of benzene rings is 2. The van der Waals surface area contributed by atoms with Crippen molar-refractivity contribution in [1.29, 1.82) is 0 Å². The first-order chi connectivity index (χ1) is 12.8. The minimum atomic E-state index is 0.728. The molecule has 0 bridgehead atoms. The summed E-state index contributed by atoms with van der Waals surface area (Å²) in [6, 6.07) is 18.7. The van der Waals surface area contributed by atoms with Crippen molar-refractivity contribution in [2.24, 2.45) is 4.99 Å². The third-order valence-corrected chi connectivity index (χ3v) is 4.39. The molecule has 0 amide bonds. The minimum absolute atomic E-state index is 0.728. The molecule has 0 fully saturated rings. The van der Waals surface area contributed by atoms with E-state index in [1.54, 1.807) is 14.2 Å². The summed E-state index contributed by atoms with van der Waals surface area (Å²) in [6.07, 6.45) is 3.18. The standard InChI is InChI=1S/C21H26N4O/c1-22-21(24-16-17-8-10-19(26-2)11-9-17)23-13-5-14-25-15-12-18-6-3-4-7-20(18)25/h3-4,6-12,15H,5,13-14,16H2,1-2H3,(H2,22,23,24). The number of rotatable bonds is 7. The highest BCUT2D eigenvalue weighted by atomic mass is 16.5. The quantitative estimate of drug-likeness (QED) is 0.390. The van der Waals surface area contributed by atoms with Gasteiger partial charge in [0.2, 0.25) is 0 Å². The fourth-order valence-electron chi connectivity index (χ4n) is 2.94. The van der Waals surface area contributed by atoms with E-state index in [-0.39, 0.29) is 0 Å². The zero-order valence-electron chi connectivity index (χ0n) is 15.4. The Morgan fingerprint density at radius 3 is 2.62 bits per heavy atom. The lowest BCUT2D eigenvalue weighted by Crippen LogP contribution is -2.37. The first kappa shape index (κ1) is 17.9. The second kappa shape index (κ2) is 8.94. The van der Waals surface area contributed by atoms with Gasteiger partial charge in [-0.2, -0.15) is 0 Å². The van der Waals surface area contributed by atoms with Crippen molar-refractivity contribution in [1.82, 2.24) is 15.2 Å². The third kappa shape index (κ3) is 4.57. The summed E-state index contributed by atoms with van der Waals surface area (Å²) in [7, 11) is 3.47. The normalized spacial score (nSPS) is 11.5. The molecule has 3 rings (SSSR count). The summed E-state index contributed by atoms with van der Waals surface area (Å²) < 4.78 is 7.48. The summed E-state index contributed by atoms with van der Waals surface area (Å²) in [4.78, 5) is 4.28. The second-order valence-corrected chi connectivity index (χ2v) is 6.12. The predicted molar refractivity (Wildman–Crippen MR) is 108 cm³/mol. The number of hydrogen-bond donors (Lipinski definition) is 2. The van der Waals surface area contributed by atoms with E-state index in [4.69, 9.17) is 4.74 Å². The maximum atomic E-state index is 5.18. The van der Waals surface area contributed by atoms with Gasteiger partial charge in [-0.05, 0) is 41.6 Å². The highest BCUT2D eigenvalue weighted by Crippen LogP contribution is 2.15. The SMILES string of the molecule is CN=C(NCCCn1ccc2ccccc21)NCc1ccc(OC)cc1. The van der Waals surface area contributed by atoms with Gasteiger partial charge >= 0.3 is 0 Å². The molecule has 0 saturated carbocycles. The Labute approximate surface area is 154 Å². The van der Waals surface area contributed by atoms with E-state index < -0.39 is 0 Å². The van der Waals surface area contributed by atoms with Gasteiger partial charge in [-0.3, -0.25) is 4.99 Å². The van der Waals surface area contributed by atoms with Crippen molar-refractivity contribution in [3.63, 3.8) is 0 Å². The lowest BCUT2D eigenvalue weighted by Gasteiger charge is -2.12. The van der Waals surface area contributed by atoms with Crippen molar-refractivity contribution in [3.05, 3.63) is 66.4 Å². The Kier molecular flexibility index (Phi) is 6.14. The van der Waals surface area contributed by atoms with Crippen LogP contribution in [0.4, 0.5) is 0 Å². The third-order valence-electron chi connectivity index (χ3n) is 4.39. The summed E-state index contributed by atoms with van der Waals surface area (Å²) in [5.74, 6) is 1.69. The van der Waals surface area contributed by atoms with Crippen LogP contribution in [0.1, 0.15) is 12.0 Å². The molecule has 0 saturated heterocycles. The van der Waals surface area contributed by atoms with Crippen molar-refractivity contribution < 1.29 is 4.74 Å². The van der Waals surface area contributed by atoms with Gasteiger partial charge < -0.3 is 19.9 Å². The fraction of sp³-hybridized carbons (Fsp3) is 0.286. The van der Waals surface area contributed by atoms with Crippen LogP contribution in [-0.2, 0) is 13.1 Å². The number of aryl methyl sites for hydroxylation is 1. The van der Waals surface area contributed by atoms with E-state index in [0.29, 0.717) is 0 Å². The van der Waals surface area contributed by atoms with Crippen LogP contribution in [0.15, 0.2) is 65.8 Å². The van der Waals surface area contributed by atoms with Crippen molar-refractivity contribution in [3.8, 4) is 5.75 Å². The van der Waals surface area contributed by atoms with E-state index in [1.807, 2.05) is 12.1 Å². The number of ether oxygens (including phenoxy) is 1. The molecule has 5 nitrogen and oxygen atoms in total. The zero-order valence-corrected chi connectivity index (χ0v) is 15.4. The lowest BCUT2D eigenvalue weighted by molar-refractivity contribution is 0.414. The molecule has 0 aliphatic heterocycles. The van der Waals surface area contributed by atoms with E-state index >= 15 is 0 Å². The zero-order chi connectivity index (χ0) is 18.2. The molecule has 1 aromatic heterocycles. The van der Waals surface area contributed by atoms with Crippen LogP contribution in [0.5, 0.6) is 5.75 Å². The summed E-state index contributed by atoms with van der Waals surface area (Å²) in [5, 5.41) is 8.00. The van der Waals surface area contributed by atoms with Gasteiger partial charge in [0.1, 0.15) is 5.75 Å². The van der Waals surface area contributed by atoms with Gasteiger partial charge in [0.15, 0.2) is 5.96 Å². The molecule has 0 atom stereocenters. The first-order valence-corrected chi connectivity index (χ1v) is 8.91. The van der Waals surface area contributed by atoms with Gasteiger partial charge in [0.25, 0.3) is 0 Å². The van der Waals surface area contributed by atoms with Crippen molar-refractivity contribution in [2.45, 2.75) is 19.5 Å². The van der Waals surface area contributed by atoms with Crippen molar-refractivity contribution in [2.75, 3.05) is 20.7 Å². The summed E-state index contributed by atoms with van der Waals surface area (Å²) in [6.45, 7) is 2.58. The Hall–Kier alpha value is -2.95. The predicted octanol–water partition coefficient (Wildman–Crippen LogP) is 3.41. The molecule has 0 spiro atoms. The number of para-hydroxylation sites is 1. The summed E-state index contributed by atoms with van der Waals surface area (Å²) >= 11 is 0. The lowest BCUT2D eigenvalue weighted by atomic mass is 10.2. The number of aliphatic imine (C=N–C) groups is 1. The molecular weight excluding hydrogens is 324 g/mol. The highest BCUT2D eigenvalue weighted by molar-refractivity contribution is 5.80. The average molecular weight is 350 g/mol. The maximum Gasteiger partial charge on any atom is 0.191 e. The van der Waals surface area contributed by atoms with Gasteiger partial charge in [0.05, 0.1) is 7.11 Å². The van der Waals surface area contributed by atoms with E-state index in [2.05, 4.69) is 68.9 Å². The molecule has 2 aromatic carbocycles. The molecule has 136 valence electrons. The van der Waals surface area contributed by atoms with Crippen LogP contribution in [0.3, 0.4) is 0 Å². The molecule has 0 unspecified atom stereocenters. The van der Waals surface area contributed by atoms with Crippen LogP contribution in [-0.4, -0.2) is 31.2 Å². The number of aromatic nitrogens is 1.